The van der Waals surface area contributed by atoms with Gasteiger partial charge in [-0.2, -0.15) is 0 Å². The lowest BCUT2D eigenvalue weighted by molar-refractivity contribution is -0.385. The van der Waals surface area contributed by atoms with E-state index in [1.807, 2.05) is 13.8 Å². The van der Waals surface area contributed by atoms with Crippen molar-refractivity contribution in [2.24, 2.45) is 5.92 Å². The van der Waals surface area contributed by atoms with Gasteiger partial charge in [-0.05, 0) is 44.7 Å². The average Bonchev–Trinajstić information content (AvgIpc) is 3.14. The number of ketones is 1. The normalized spacial score (nSPS) is 18.4. The molecule has 9 nitrogen and oxygen atoms in total. The maximum atomic E-state index is 13.1. The molecular weight excluding hydrogens is 412 g/mol. The van der Waals surface area contributed by atoms with Gasteiger partial charge in [0.05, 0.1) is 11.5 Å². The molecule has 0 bridgehead atoms. The van der Waals surface area contributed by atoms with Crippen LogP contribution in [-0.4, -0.2) is 38.7 Å². The molecule has 1 aliphatic rings. The Kier molecular flexibility index (Phi) is 6.20. The fourth-order valence-corrected chi connectivity index (χ4v) is 4.01. The van der Waals surface area contributed by atoms with Crippen LogP contribution in [0.2, 0.25) is 0 Å². The molecule has 0 aliphatic carbocycles. The Bertz CT molecular complexity index is 1100. The molecule has 1 saturated heterocycles. The Morgan fingerprint density at radius 1 is 1.22 bits per heavy atom. The van der Waals surface area contributed by atoms with Gasteiger partial charge >= 0.3 is 6.03 Å². The zero-order chi connectivity index (χ0) is 23.8. The SMILES string of the molecule is Cc1cc(C(=O)CN2C(=O)NC(C)(c3cccc([N+](=O)[O-])c3)C2=O)c(C)n1CCC(C)C. The van der Waals surface area contributed by atoms with Crippen LogP contribution in [-0.2, 0) is 16.9 Å². The fraction of sp³-hybridized carbons (Fsp3) is 0.435. The van der Waals surface area contributed by atoms with E-state index < -0.39 is 28.9 Å². The lowest BCUT2D eigenvalue weighted by Crippen LogP contribution is -2.41. The number of non-ortho nitro benzene ring substituents is 1. The molecule has 2 aromatic rings. The zero-order valence-corrected chi connectivity index (χ0v) is 19.0. The second-order valence-electron chi connectivity index (χ2n) is 8.80. The van der Waals surface area contributed by atoms with Crippen molar-refractivity contribution in [1.29, 1.82) is 0 Å². The number of benzene rings is 1. The fourth-order valence-electron chi connectivity index (χ4n) is 4.01. The van der Waals surface area contributed by atoms with Gasteiger partial charge in [0.25, 0.3) is 11.6 Å². The van der Waals surface area contributed by atoms with E-state index in [4.69, 9.17) is 0 Å². The van der Waals surface area contributed by atoms with Crippen molar-refractivity contribution in [2.75, 3.05) is 6.54 Å². The summed E-state index contributed by atoms with van der Waals surface area (Å²) in [5.74, 6) is -0.432. The van der Waals surface area contributed by atoms with E-state index in [1.165, 1.54) is 25.1 Å². The van der Waals surface area contributed by atoms with Gasteiger partial charge in [-0.25, -0.2) is 4.79 Å². The first-order valence-electron chi connectivity index (χ1n) is 10.5. The maximum absolute atomic E-state index is 13.1. The molecular formula is C23H28N4O5. The third-order valence-corrected chi connectivity index (χ3v) is 6.02. The van der Waals surface area contributed by atoms with Crippen LogP contribution in [0, 0.1) is 29.9 Å². The summed E-state index contributed by atoms with van der Waals surface area (Å²) >= 11 is 0. The van der Waals surface area contributed by atoms with Crippen molar-refractivity contribution in [3.05, 3.63) is 63.0 Å². The minimum Gasteiger partial charge on any atom is -0.348 e. The summed E-state index contributed by atoms with van der Waals surface area (Å²) in [6, 6.07) is 6.65. The lowest BCUT2D eigenvalue weighted by atomic mass is 9.91. The molecule has 1 atom stereocenters. The van der Waals surface area contributed by atoms with Crippen LogP contribution in [0.5, 0.6) is 0 Å². The van der Waals surface area contributed by atoms with Gasteiger partial charge in [-0.15, -0.1) is 0 Å². The van der Waals surface area contributed by atoms with Gasteiger partial charge in [0.15, 0.2) is 5.78 Å². The highest BCUT2D eigenvalue weighted by molar-refractivity contribution is 6.11. The molecule has 1 unspecified atom stereocenters. The molecule has 0 saturated carbocycles. The Balaban J connectivity index is 1.83. The molecule has 2 heterocycles. The summed E-state index contributed by atoms with van der Waals surface area (Å²) in [7, 11) is 0. The van der Waals surface area contributed by atoms with E-state index in [1.54, 1.807) is 12.1 Å². The first-order chi connectivity index (χ1) is 15.0. The lowest BCUT2D eigenvalue weighted by Gasteiger charge is -2.22. The number of aryl methyl sites for hydroxylation is 1. The molecule has 3 rings (SSSR count). The van der Waals surface area contributed by atoms with E-state index >= 15 is 0 Å². The molecule has 1 aliphatic heterocycles. The number of nitro benzene ring substituents is 1. The number of urea groups is 1. The van der Waals surface area contributed by atoms with Crippen LogP contribution in [0.1, 0.15) is 54.5 Å². The monoisotopic (exact) mass is 440 g/mol. The third kappa shape index (κ3) is 4.15. The van der Waals surface area contributed by atoms with Crippen molar-refractivity contribution in [1.82, 2.24) is 14.8 Å². The summed E-state index contributed by atoms with van der Waals surface area (Å²) in [4.78, 5) is 50.2. The predicted octanol–water partition coefficient (Wildman–Crippen LogP) is 3.71. The van der Waals surface area contributed by atoms with Crippen LogP contribution >= 0.6 is 0 Å². The van der Waals surface area contributed by atoms with Crippen LogP contribution < -0.4 is 5.32 Å². The van der Waals surface area contributed by atoms with Crippen molar-refractivity contribution in [3.8, 4) is 0 Å². The summed E-state index contributed by atoms with van der Waals surface area (Å²) in [5, 5.41) is 13.7. The Morgan fingerprint density at radius 2 is 1.91 bits per heavy atom. The number of carbonyl (C=O) groups excluding carboxylic acids is 3. The molecule has 170 valence electrons. The van der Waals surface area contributed by atoms with Gasteiger partial charge in [-0.1, -0.05) is 26.0 Å². The number of nitrogens with zero attached hydrogens (tertiary/aromatic N) is 3. The molecule has 1 aromatic heterocycles. The van der Waals surface area contributed by atoms with Gasteiger partial charge in [0, 0.05) is 35.6 Å². The molecule has 0 radical (unpaired) electrons. The van der Waals surface area contributed by atoms with E-state index in [9.17, 15) is 24.5 Å². The van der Waals surface area contributed by atoms with Crippen molar-refractivity contribution in [2.45, 2.75) is 53.1 Å². The van der Waals surface area contributed by atoms with E-state index in [0.717, 1.165) is 29.3 Å². The second-order valence-corrected chi connectivity index (χ2v) is 8.80. The number of carbonyl (C=O) groups is 3. The molecule has 1 N–H and O–H groups in total. The molecule has 3 amide bonds. The van der Waals surface area contributed by atoms with Gasteiger partial charge < -0.3 is 9.88 Å². The number of rotatable bonds is 8. The third-order valence-electron chi connectivity index (χ3n) is 6.02. The second kappa shape index (κ2) is 8.57. The van der Waals surface area contributed by atoms with Gasteiger partial charge in [0.2, 0.25) is 0 Å². The highest BCUT2D eigenvalue weighted by atomic mass is 16.6. The Hall–Kier alpha value is -3.49. The standard InChI is InChI=1S/C23H28N4O5/c1-14(2)9-10-25-15(3)11-19(16(25)4)20(28)13-26-21(29)23(5,24-22(26)30)17-7-6-8-18(12-17)27(31)32/h6-8,11-12,14H,9-10,13H2,1-5H3,(H,24,30). The van der Waals surface area contributed by atoms with E-state index in [2.05, 4.69) is 23.7 Å². The first kappa shape index (κ1) is 23.2. The van der Waals surface area contributed by atoms with Crippen LogP contribution in [0.3, 0.4) is 0 Å². The number of hydrogen-bond donors (Lipinski definition) is 1. The topological polar surface area (TPSA) is 115 Å². The number of Topliss-reactive ketones (excluding diaryl/α,β-unsaturated/α-hetero) is 1. The minimum absolute atomic E-state index is 0.186. The van der Waals surface area contributed by atoms with Crippen molar-refractivity contribution in [3.63, 3.8) is 0 Å². The molecule has 9 heteroatoms. The smallest absolute Gasteiger partial charge is 0.325 e. The molecule has 32 heavy (non-hydrogen) atoms. The Morgan fingerprint density at radius 3 is 2.53 bits per heavy atom. The molecule has 1 fully saturated rings. The maximum Gasteiger partial charge on any atom is 0.325 e. The average molecular weight is 441 g/mol. The molecule has 0 spiro atoms. The quantitative estimate of drug-likeness (QED) is 0.291. The number of amides is 3. The van der Waals surface area contributed by atoms with Crippen molar-refractivity contribution < 1.29 is 19.3 Å². The summed E-state index contributed by atoms with van der Waals surface area (Å²) in [6.45, 7) is 9.93. The Labute approximate surface area is 186 Å². The zero-order valence-electron chi connectivity index (χ0n) is 19.0. The van der Waals surface area contributed by atoms with E-state index in [-0.39, 0.29) is 17.0 Å². The van der Waals surface area contributed by atoms with E-state index in [0.29, 0.717) is 11.5 Å². The predicted molar refractivity (Wildman–Crippen MR) is 118 cm³/mol. The van der Waals surface area contributed by atoms with Crippen LogP contribution in [0.15, 0.2) is 30.3 Å². The van der Waals surface area contributed by atoms with Gasteiger partial charge in [0.1, 0.15) is 5.54 Å². The van der Waals surface area contributed by atoms with Crippen LogP contribution in [0.4, 0.5) is 10.5 Å². The van der Waals surface area contributed by atoms with Crippen molar-refractivity contribution >= 4 is 23.4 Å². The largest absolute Gasteiger partial charge is 0.348 e. The molecule has 1 aromatic carbocycles. The van der Waals surface area contributed by atoms with Crippen LogP contribution in [0.25, 0.3) is 0 Å². The summed E-state index contributed by atoms with van der Waals surface area (Å²) in [6.07, 6.45) is 0.971. The first-order valence-corrected chi connectivity index (χ1v) is 10.5. The highest BCUT2D eigenvalue weighted by Gasteiger charge is 2.50. The number of hydrogen-bond acceptors (Lipinski definition) is 5. The van der Waals surface area contributed by atoms with Gasteiger partial charge in [-0.3, -0.25) is 24.6 Å². The minimum atomic E-state index is -1.49. The number of aromatic nitrogens is 1. The number of imide groups is 1. The summed E-state index contributed by atoms with van der Waals surface area (Å²) in [5.41, 5.74) is 0.848. The summed E-state index contributed by atoms with van der Waals surface area (Å²) < 4.78 is 2.08. The highest BCUT2D eigenvalue weighted by Crippen LogP contribution is 2.31. The number of nitrogens with one attached hydrogen (secondary N) is 1. The number of nitro groups is 1.